The summed E-state index contributed by atoms with van der Waals surface area (Å²) in [5, 5.41) is 4.41. The summed E-state index contributed by atoms with van der Waals surface area (Å²) < 4.78 is 7.11. The van der Waals surface area contributed by atoms with Gasteiger partial charge in [-0.05, 0) is 31.0 Å². The highest BCUT2D eigenvalue weighted by molar-refractivity contribution is 7.99. The fourth-order valence-corrected chi connectivity index (χ4v) is 3.29. The fraction of sp³-hybridized carbons (Fsp3) is 0.500. The Hall–Kier alpha value is -1.24. The Labute approximate surface area is 145 Å². The van der Waals surface area contributed by atoms with Crippen LogP contribution in [0.15, 0.2) is 23.4 Å². The first kappa shape index (κ1) is 18.1. The molecule has 1 aromatic carbocycles. The second kappa shape index (κ2) is 9.15. The van der Waals surface area contributed by atoms with Gasteiger partial charge in [-0.25, -0.2) is 4.98 Å². The minimum absolute atomic E-state index is 0.0132. The molecule has 0 bridgehead atoms. The predicted molar refractivity (Wildman–Crippen MR) is 95.3 cm³/mol. The molecule has 0 saturated heterocycles. The molecule has 0 saturated carbocycles. The number of rotatable bonds is 9. The van der Waals surface area contributed by atoms with Gasteiger partial charge >= 0.3 is 0 Å². The maximum Gasteiger partial charge on any atom is 0.230 e. The molecule has 0 spiro atoms. The fourth-order valence-electron chi connectivity index (χ4n) is 2.26. The Bertz CT molecular complexity index is 660. The van der Waals surface area contributed by atoms with Crippen LogP contribution in [0, 0.1) is 0 Å². The third-order valence-electron chi connectivity index (χ3n) is 3.30. The molecular formula is C16H22ClN3O2S. The lowest BCUT2D eigenvalue weighted by molar-refractivity contribution is -0.118. The zero-order valence-corrected chi connectivity index (χ0v) is 15.0. The van der Waals surface area contributed by atoms with Crippen LogP contribution < -0.4 is 5.32 Å². The lowest BCUT2D eigenvalue weighted by atomic mass is 10.3. The number of halogens is 1. The molecule has 23 heavy (non-hydrogen) atoms. The Balaban J connectivity index is 2.01. The van der Waals surface area contributed by atoms with Crippen molar-refractivity contribution in [1.29, 1.82) is 0 Å². The zero-order chi connectivity index (χ0) is 16.7. The number of aryl methyl sites for hydroxylation is 1. The number of hydrogen-bond acceptors (Lipinski definition) is 4. The third kappa shape index (κ3) is 5.12. The molecule has 0 aliphatic rings. The normalized spacial score (nSPS) is 11.1. The van der Waals surface area contributed by atoms with E-state index in [1.165, 1.54) is 11.8 Å². The smallest absolute Gasteiger partial charge is 0.230 e. The van der Waals surface area contributed by atoms with Crippen molar-refractivity contribution in [3.8, 4) is 0 Å². The lowest BCUT2D eigenvalue weighted by Crippen LogP contribution is -2.27. The van der Waals surface area contributed by atoms with Crippen LogP contribution in [0.4, 0.5) is 0 Å². The van der Waals surface area contributed by atoms with Crippen LogP contribution >= 0.6 is 23.4 Å². The number of hydrogen-bond donors (Lipinski definition) is 1. The second-order valence-corrected chi connectivity index (χ2v) is 6.54. The lowest BCUT2D eigenvalue weighted by Gasteiger charge is -2.08. The molecular weight excluding hydrogens is 334 g/mol. The molecule has 0 fully saturated rings. The Kier molecular flexibility index (Phi) is 7.20. The summed E-state index contributed by atoms with van der Waals surface area (Å²) >= 11 is 7.49. The topological polar surface area (TPSA) is 56.2 Å². The van der Waals surface area contributed by atoms with Crippen molar-refractivity contribution in [1.82, 2.24) is 14.9 Å². The van der Waals surface area contributed by atoms with Gasteiger partial charge in [0.05, 0.1) is 16.8 Å². The summed E-state index contributed by atoms with van der Waals surface area (Å²) in [6.07, 6.45) is 1.82. The standard InChI is InChI=1S/C16H22ClN3O2S/c1-3-8-20-14-6-5-12(17)10-13(14)19-16(20)23-11-15(21)18-7-4-9-22-2/h5-6,10H,3-4,7-9,11H2,1-2H3,(H,18,21). The Morgan fingerprint density at radius 1 is 1.48 bits per heavy atom. The van der Waals surface area contributed by atoms with E-state index in [1.807, 2.05) is 18.2 Å². The quantitative estimate of drug-likeness (QED) is 0.553. The van der Waals surface area contributed by atoms with Gasteiger partial charge in [0.25, 0.3) is 0 Å². The molecule has 2 aromatic rings. The summed E-state index contributed by atoms with van der Waals surface area (Å²) in [5.41, 5.74) is 1.92. The molecule has 1 amide bonds. The number of nitrogens with zero attached hydrogens (tertiary/aromatic N) is 2. The van der Waals surface area contributed by atoms with E-state index >= 15 is 0 Å². The highest BCUT2D eigenvalue weighted by atomic mass is 35.5. The van der Waals surface area contributed by atoms with Gasteiger partial charge in [-0.3, -0.25) is 4.79 Å². The number of imidazole rings is 1. The van der Waals surface area contributed by atoms with Gasteiger partial charge in [0.1, 0.15) is 0 Å². The summed E-state index contributed by atoms with van der Waals surface area (Å²) in [5.74, 6) is 0.368. The first-order valence-electron chi connectivity index (χ1n) is 7.70. The molecule has 0 atom stereocenters. The van der Waals surface area contributed by atoms with E-state index in [9.17, 15) is 4.79 Å². The average Bonchev–Trinajstić information content (AvgIpc) is 2.87. The van der Waals surface area contributed by atoms with E-state index < -0.39 is 0 Å². The Morgan fingerprint density at radius 2 is 2.30 bits per heavy atom. The van der Waals surface area contributed by atoms with Gasteiger partial charge in [-0.15, -0.1) is 0 Å². The van der Waals surface area contributed by atoms with Gasteiger partial charge in [0, 0.05) is 31.8 Å². The molecule has 2 rings (SSSR count). The highest BCUT2D eigenvalue weighted by Crippen LogP contribution is 2.26. The van der Waals surface area contributed by atoms with Gasteiger partial charge in [-0.2, -0.15) is 0 Å². The molecule has 1 heterocycles. The van der Waals surface area contributed by atoms with Crippen LogP contribution in [-0.2, 0) is 16.1 Å². The number of thioether (sulfide) groups is 1. The molecule has 1 N–H and O–H groups in total. The van der Waals surface area contributed by atoms with Gasteiger partial charge in [0.2, 0.25) is 5.91 Å². The van der Waals surface area contributed by atoms with Crippen molar-refractivity contribution in [3.05, 3.63) is 23.2 Å². The van der Waals surface area contributed by atoms with E-state index in [0.717, 1.165) is 35.6 Å². The molecule has 1 aromatic heterocycles. The second-order valence-electron chi connectivity index (χ2n) is 5.16. The first-order chi connectivity index (χ1) is 11.2. The molecule has 0 aliphatic heterocycles. The van der Waals surface area contributed by atoms with E-state index in [0.29, 0.717) is 23.9 Å². The molecule has 0 aliphatic carbocycles. The van der Waals surface area contributed by atoms with Crippen LogP contribution in [0.5, 0.6) is 0 Å². The van der Waals surface area contributed by atoms with Crippen molar-refractivity contribution in [3.63, 3.8) is 0 Å². The van der Waals surface area contributed by atoms with E-state index in [1.54, 1.807) is 7.11 Å². The Morgan fingerprint density at radius 3 is 3.04 bits per heavy atom. The highest BCUT2D eigenvalue weighted by Gasteiger charge is 2.12. The van der Waals surface area contributed by atoms with Crippen LogP contribution in [0.1, 0.15) is 19.8 Å². The van der Waals surface area contributed by atoms with Crippen molar-refractivity contribution in [2.45, 2.75) is 31.5 Å². The number of aromatic nitrogens is 2. The summed E-state index contributed by atoms with van der Waals surface area (Å²) in [6, 6.07) is 5.71. The van der Waals surface area contributed by atoms with Crippen molar-refractivity contribution in [2.75, 3.05) is 26.0 Å². The van der Waals surface area contributed by atoms with E-state index in [4.69, 9.17) is 16.3 Å². The van der Waals surface area contributed by atoms with Gasteiger partial charge < -0.3 is 14.6 Å². The first-order valence-corrected chi connectivity index (χ1v) is 9.06. The molecule has 5 nitrogen and oxygen atoms in total. The number of ether oxygens (including phenoxy) is 1. The summed E-state index contributed by atoms with van der Waals surface area (Å²) in [6.45, 7) is 4.28. The maximum atomic E-state index is 11.9. The van der Waals surface area contributed by atoms with Crippen LogP contribution in [-0.4, -0.2) is 41.5 Å². The minimum atomic E-state index is 0.0132. The predicted octanol–water partition coefficient (Wildman–Crippen LogP) is 3.34. The van der Waals surface area contributed by atoms with Gasteiger partial charge in [-0.1, -0.05) is 30.3 Å². The van der Waals surface area contributed by atoms with Crippen LogP contribution in [0.2, 0.25) is 5.02 Å². The van der Waals surface area contributed by atoms with E-state index in [-0.39, 0.29) is 5.91 Å². The minimum Gasteiger partial charge on any atom is -0.385 e. The van der Waals surface area contributed by atoms with E-state index in [2.05, 4.69) is 21.8 Å². The van der Waals surface area contributed by atoms with Crippen molar-refractivity contribution >= 4 is 40.3 Å². The molecule has 0 unspecified atom stereocenters. The van der Waals surface area contributed by atoms with Crippen LogP contribution in [0.25, 0.3) is 11.0 Å². The number of amides is 1. The number of carbonyl (C=O) groups is 1. The maximum absolute atomic E-state index is 11.9. The SMILES string of the molecule is CCCn1c(SCC(=O)NCCCOC)nc2cc(Cl)ccc21. The van der Waals surface area contributed by atoms with Crippen molar-refractivity contribution in [2.24, 2.45) is 0 Å². The number of benzene rings is 1. The summed E-state index contributed by atoms with van der Waals surface area (Å²) in [4.78, 5) is 16.5. The van der Waals surface area contributed by atoms with Crippen molar-refractivity contribution < 1.29 is 9.53 Å². The average molecular weight is 356 g/mol. The number of methoxy groups -OCH3 is 1. The molecule has 126 valence electrons. The number of nitrogens with one attached hydrogen (secondary N) is 1. The number of fused-ring (bicyclic) bond motifs is 1. The third-order valence-corrected chi connectivity index (χ3v) is 4.51. The zero-order valence-electron chi connectivity index (χ0n) is 13.5. The number of carbonyl (C=O) groups excluding carboxylic acids is 1. The van der Waals surface area contributed by atoms with Crippen LogP contribution in [0.3, 0.4) is 0 Å². The van der Waals surface area contributed by atoms with Gasteiger partial charge in [0.15, 0.2) is 5.16 Å². The molecule has 7 heteroatoms. The monoisotopic (exact) mass is 355 g/mol. The summed E-state index contributed by atoms with van der Waals surface area (Å²) in [7, 11) is 1.65. The largest absolute Gasteiger partial charge is 0.385 e. The molecule has 0 radical (unpaired) electrons.